The Bertz CT molecular complexity index is 414. The van der Waals surface area contributed by atoms with Crippen molar-refractivity contribution in [3.8, 4) is 0 Å². The molecule has 0 saturated carbocycles. The predicted molar refractivity (Wildman–Crippen MR) is 69.1 cm³/mol. The number of carbonyl (C=O) groups excluding carboxylic acids is 2. The van der Waals surface area contributed by atoms with Gasteiger partial charge in [-0.15, -0.1) is 6.58 Å². The molecule has 4 heteroatoms. The molecule has 1 atom stereocenters. The van der Waals surface area contributed by atoms with Gasteiger partial charge in [0.1, 0.15) is 6.04 Å². The lowest BCUT2D eigenvalue weighted by molar-refractivity contribution is -0.145. The van der Waals surface area contributed by atoms with Gasteiger partial charge in [0, 0.05) is 5.56 Å². The highest BCUT2D eigenvalue weighted by atomic mass is 16.5. The van der Waals surface area contributed by atoms with Gasteiger partial charge in [-0.3, -0.25) is 4.79 Å². The van der Waals surface area contributed by atoms with Crippen LogP contribution in [0.5, 0.6) is 0 Å². The Morgan fingerprint density at radius 3 is 2.67 bits per heavy atom. The largest absolute Gasteiger partial charge is 0.464 e. The van der Waals surface area contributed by atoms with Gasteiger partial charge in [0.05, 0.1) is 6.61 Å². The molecule has 0 fully saturated rings. The number of rotatable bonds is 6. The molecule has 1 aromatic rings. The lowest BCUT2D eigenvalue weighted by Gasteiger charge is -2.12. The van der Waals surface area contributed by atoms with E-state index in [9.17, 15) is 9.59 Å². The van der Waals surface area contributed by atoms with Gasteiger partial charge in [0.25, 0.3) is 5.91 Å². The van der Waals surface area contributed by atoms with Gasteiger partial charge in [-0.05, 0) is 25.5 Å². The third-order valence-corrected chi connectivity index (χ3v) is 2.30. The SMILES string of the molecule is C=CCCOC(=O)C(C)NC(=O)c1ccccc1. The van der Waals surface area contributed by atoms with Crippen molar-refractivity contribution < 1.29 is 14.3 Å². The van der Waals surface area contributed by atoms with Gasteiger partial charge < -0.3 is 10.1 Å². The van der Waals surface area contributed by atoms with Gasteiger partial charge in [-0.2, -0.15) is 0 Å². The van der Waals surface area contributed by atoms with Gasteiger partial charge in [-0.25, -0.2) is 4.79 Å². The number of hydrogen-bond donors (Lipinski definition) is 1. The Balaban J connectivity index is 2.44. The van der Waals surface area contributed by atoms with Crippen LogP contribution in [-0.2, 0) is 9.53 Å². The van der Waals surface area contributed by atoms with E-state index in [1.54, 1.807) is 37.3 Å². The highest BCUT2D eigenvalue weighted by Gasteiger charge is 2.17. The normalized spacial score (nSPS) is 11.4. The molecule has 1 unspecified atom stereocenters. The van der Waals surface area contributed by atoms with Gasteiger partial charge in [0.2, 0.25) is 0 Å². The second-order valence-corrected chi connectivity index (χ2v) is 3.81. The molecule has 1 N–H and O–H groups in total. The highest BCUT2D eigenvalue weighted by Crippen LogP contribution is 1.99. The molecule has 0 heterocycles. The first-order chi connectivity index (χ1) is 8.65. The molecule has 0 aliphatic rings. The minimum atomic E-state index is -0.664. The first-order valence-corrected chi connectivity index (χ1v) is 5.78. The summed E-state index contributed by atoms with van der Waals surface area (Å²) in [5.41, 5.74) is 0.517. The second-order valence-electron chi connectivity index (χ2n) is 3.81. The van der Waals surface area contributed by atoms with E-state index in [1.807, 2.05) is 6.07 Å². The molecule has 1 rings (SSSR count). The zero-order chi connectivity index (χ0) is 13.4. The Morgan fingerprint density at radius 2 is 2.06 bits per heavy atom. The Labute approximate surface area is 107 Å². The molecule has 0 aliphatic heterocycles. The van der Waals surface area contributed by atoms with Crippen LogP contribution in [0.25, 0.3) is 0 Å². The van der Waals surface area contributed by atoms with Crippen molar-refractivity contribution in [1.29, 1.82) is 0 Å². The lowest BCUT2D eigenvalue weighted by Crippen LogP contribution is -2.39. The van der Waals surface area contributed by atoms with Crippen LogP contribution in [0, 0.1) is 0 Å². The van der Waals surface area contributed by atoms with Crippen LogP contribution in [-0.4, -0.2) is 24.5 Å². The lowest BCUT2D eigenvalue weighted by atomic mass is 10.2. The van der Waals surface area contributed by atoms with Crippen LogP contribution < -0.4 is 5.32 Å². The zero-order valence-corrected chi connectivity index (χ0v) is 10.4. The number of esters is 1. The van der Waals surface area contributed by atoms with Crippen molar-refractivity contribution in [2.24, 2.45) is 0 Å². The van der Waals surface area contributed by atoms with Gasteiger partial charge in [0.15, 0.2) is 0 Å². The molecule has 0 aliphatic carbocycles. The van der Waals surface area contributed by atoms with Gasteiger partial charge in [-0.1, -0.05) is 24.3 Å². The van der Waals surface area contributed by atoms with E-state index in [2.05, 4.69) is 11.9 Å². The van der Waals surface area contributed by atoms with E-state index >= 15 is 0 Å². The monoisotopic (exact) mass is 247 g/mol. The molecular weight excluding hydrogens is 230 g/mol. The Morgan fingerprint density at radius 1 is 1.39 bits per heavy atom. The predicted octanol–water partition coefficient (Wildman–Crippen LogP) is 1.92. The summed E-state index contributed by atoms with van der Waals surface area (Å²) in [6.45, 7) is 5.41. The van der Waals surface area contributed by atoms with Crippen LogP contribution >= 0.6 is 0 Å². The highest BCUT2D eigenvalue weighted by molar-refractivity contribution is 5.96. The molecule has 0 saturated heterocycles. The maximum atomic E-state index is 11.8. The number of benzene rings is 1. The first-order valence-electron chi connectivity index (χ1n) is 5.78. The van der Waals surface area contributed by atoms with Crippen molar-refractivity contribution in [1.82, 2.24) is 5.32 Å². The molecule has 96 valence electrons. The van der Waals surface area contributed by atoms with Crippen LogP contribution in [0.1, 0.15) is 23.7 Å². The first kappa shape index (κ1) is 14.0. The smallest absolute Gasteiger partial charge is 0.328 e. The quantitative estimate of drug-likeness (QED) is 0.474. The minimum absolute atomic E-state index is 0.286. The molecule has 0 spiro atoms. The van der Waals surface area contributed by atoms with Crippen LogP contribution in [0.3, 0.4) is 0 Å². The van der Waals surface area contributed by atoms with Gasteiger partial charge >= 0.3 is 5.97 Å². The van der Waals surface area contributed by atoms with E-state index in [0.29, 0.717) is 12.0 Å². The van der Waals surface area contributed by atoms with Crippen LogP contribution in [0.15, 0.2) is 43.0 Å². The summed E-state index contributed by atoms with van der Waals surface area (Å²) in [7, 11) is 0. The fourth-order valence-electron chi connectivity index (χ4n) is 1.30. The summed E-state index contributed by atoms with van der Waals surface area (Å²) < 4.78 is 4.96. The molecule has 1 amide bonds. The summed E-state index contributed by atoms with van der Waals surface area (Å²) >= 11 is 0. The Hall–Kier alpha value is -2.10. The molecule has 0 bridgehead atoms. The average Bonchev–Trinajstić information content (AvgIpc) is 2.39. The van der Waals surface area contributed by atoms with E-state index in [1.165, 1.54) is 0 Å². The fraction of sp³-hybridized carbons (Fsp3) is 0.286. The maximum absolute atomic E-state index is 11.8. The van der Waals surface area contributed by atoms with Crippen molar-refractivity contribution in [3.05, 3.63) is 48.6 Å². The average molecular weight is 247 g/mol. The van der Waals surface area contributed by atoms with E-state index in [4.69, 9.17) is 4.74 Å². The molecular formula is C14H17NO3. The Kier molecular flexibility index (Phi) is 5.64. The number of amides is 1. The minimum Gasteiger partial charge on any atom is -0.464 e. The van der Waals surface area contributed by atoms with Crippen molar-refractivity contribution in [3.63, 3.8) is 0 Å². The third kappa shape index (κ3) is 4.41. The van der Waals surface area contributed by atoms with E-state index in [-0.39, 0.29) is 12.5 Å². The topological polar surface area (TPSA) is 55.4 Å². The van der Waals surface area contributed by atoms with Crippen molar-refractivity contribution >= 4 is 11.9 Å². The van der Waals surface area contributed by atoms with E-state index in [0.717, 1.165) is 0 Å². The fourth-order valence-corrected chi connectivity index (χ4v) is 1.30. The number of ether oxygens (including phenoxy) is 1. The van der Waals surface area contributed by atoms with E-state index < -0.39 is 12.0 Å². The standard InChI is InChI=1S/C14H17NO3/c1-3-4-10-18-14(17)11(2)15-13(16)12-8-6-5-7-9-12/h3,5-9,11H,1,4,10H2,2H3,(H,15,16). The summed E-state index contributed by atoms with van der Waals surface area (Å²) in [5, 5.41) is 2.58. The van der Waals surface area contributed by atoms with Crippen LogP contribution in [0.2, 0.25) is 0 Å². The molecule has 0 aromatic heterocycles. The number of carbonyl (C=O) groups is 2. The number of hydrogen-bond acceptors (Lipinski definition) is 3. The third-order valence-electron chi connectivity index (χ3n) is 2.30. The molecule has 4 nitrogen and oxygen atoms in total. The zero-order valence-electron chi connectivity index (χ0n) is 10.4. The second kappa shape index (κ2) is 7.27. The van der Waals surface area contributed by atoms with Crippen LogP contribution in [0.4, 0.5) is 0 Å². The summed E-state index contributed by atoms with van der Waals surface area (Å²) in [6, 6.07) is 8.06. The van der Waals surface area contributed by atoms with Crippen molar-refractivity contribution in [2.45, 2.75) is 19.4 Å². The molecule has 0 radical (unpaired) electrons. The summed E-state index contributed by atoms with van der Waals surface area (Å²) in [6.07, 6.45) is 2.27. The number of nitrogens with one attached hydrogen (secondary N) is 1. The summed E-state index contributed by atoms with van der Waals surface area (Å²) in [5.74, 6) is -0.732. The molecule has 18 heavy (non-hydrogen) atoms. The summed E-state index contributed by atoms with van der Waals surface area (Å²) in [4.78, 5) is 23.3. The maximum Gasteiger partial charge on any atom is 0.328 e. The molecule has 1 aromatic carbocycles. The van der Waals surface area contributed by atoms with Crippen molar-refractivity contribution in [2.75, 3.05) is 6.61 Å².